The third kappa shape index (κ3) is 2.92. The van der Waals surface area contributed by atoms with E-state index in [1.807, 2.05) is 6.92 Å². The number of halogens is 1. The lowest BCUT2D eigenvalue weighted by atomic mass is 9.47. The van der Waals surface area contributed by atoms with E-state index >= 15 is 0 Å². The SMILES string of the molecule is CCOC1=CC2=C(Cl)C[C@@H]3[C@@H](CC[C@@]4(C)[C@H]3CC[C@]4(OC(C)=O)C(C)=O)[C@]2(C)CC1. The van der Waals surface area contributed by atoms with Gasteiger partial charge in [-0.2, -0.15) is 0 Å². The van der Waals surface area contributed by atoms with Gasteiger partial charge in [0, 0.05) is 23.8 Å². The number of rotatable bonds is 4. The molecular formula is C25H35ClO4. The van der Waals surface area contributed by atoms with Crippen molar-refractivity contribution in [2.45, 2.75) is 85.2 Å². The quantitative estimate of drug-likeness (QED) is 0.514. The van der Waals surface area contributed by atoms with Crippen molar-refractivity contribution < 1.29 is 19.1 Å². The average Bonchev–Trinajstić information content (AvgIpc) is 2.96. The Morgan fingerprint density at radius 2 is 1.83 bits per heavy atom. The molecule has 0 heterocycles. The molecule has 4 aliphatic carbocycles. The normalized spacial score (nSPS) is 42.6. The van der Waals surface area contributed by atoms with E-state index in [-0.39, 0.29) is 22.6 Å². The molecule has 4 nitrogen and oxygen atoms in total. The van der Waals surface area contributed by atoms with Gasteiger partial charge in [0.25, 0.3) is 0 Å². The van der Waals surface area contributed by atoms with E-state index < -0.39 is 5.60 Å². The molecule has 0 aromatic rings. The van der Waals surface area contributed by atoms with Crippen molar-refractivity contribution in [3.8, 4) is 0 Å². The van der Waals surface area contributed by atoms with Crippen molar-refractivity contribution in [3.05, 3.63) is 22.4 Å². The van der Waals surface area contributed by atoms with Gasteiger partial charge in [0.2, 0.25) is 0 Å². The second-order valence-corrected chi connectivity index (χ2v) is 10.8. The predicted octanol–water partition coefficient (Wildman–Crippen LogP) is 5.94. The minimum Gasteiger partial charge on any atom is -0.498 e. The number of Topliss-reactive ketones (excluding diaryl/α,β-unsaturated/α-hetero) is 1. The van der Waals surface area contributed by atoms with Crippen molar-refractivity contribution in [2.24, 2.45) is 28.6 Å². The van der Waals surface area contributed by atoms with Crippen LogP contribution in [-0.2, 0) is 19.1 Å². The van der Waals surface area contributed by atoms with Crippen molar-refractivity contribution in [2.75, 3.05) is 6.61 Å². The summed E-state index contributed by atoms with van der Waals surface area (Å²) in [5, 5.41) is 0.952. The minimum atomic E-state index is -0.986. The number of ether oxygens (including phenoxy) is 2. The highest BCUT2D eigenvalue weighted by atomic mass is 35.5. The number of allylic oxidation sites excluding steroid dienone is 4. The molecule has 0 amide bonds. The summed E-state index contributed by atoms with van der Waals surface area (Å²) in [5.41, 5.74) is 0.00252. The van der Waals surface area contributed by atoms with Gasteiger partial charge < -0.3 is 9.47 Å². The first-order chi connectivity index (χ1) is 14.1. The molecule has 0 spiro atoms. The predicted molar refractivity (Wildman–Crippen MR) is 117 cm³/mol. The van der Waals surface area contributed by atoms with Crippen LogP contribution in [0.1, 0.15) is 79.6 Å². The zero-order valence-corrected chi connectivity index (χ0v) is 19.7. The highest BCUT2D eigenvalue weighted by Crippen LogP contribution is 2.68. The fraction of sp³-hybridized carbons (Fsp3) is 0.760. The second-order valence-electron chi connectivity index (χ2n) is 10.3. The van der Waals surface area contributed by atoms with Crippen LogP contribution in [0.25, 0.3) is 0 Å². The van der Waals surface area contributed by atoms with Crippen LogP contribution in [0.4, 0.5) is 0 Å². The molecule has 0 unspecified atom stereocenters. The summed E-state index contributed by atoms with van der Waals surface area (Å²) in [5.74, 6) is 1.98. The van der Waals surface area contributed by atoms with Crippen molar-refractivity contribution in [1.82, 2.24) is 0 Å². The fourth-order valence-corrected chi connectivity index (χ4v) is 8.18. The van der Waals surface area contributed by atoms with Gasteiger partial charge in [-0.3, -0.25) is 9.59 Å². The largest absolute Gasteiger partial charge is 0.498 e. The molecule has 2 saturated carbocycles. The van der Waals surface area contributed by atoms with Gasteiger partial charge in [-0.1, -0.05) is 25.4 Å². The topological polar surface area (TPSA) is 52.6 Å². The molecule has 166 valence electrons. The van der Waals surface area contributed by atoms with Crippen LogP contribution in [0.2, 0.25) is 0 Å². The lowest BCUT2D eigenvalue weighted by Crippen LogP contribution is -2.58. The molecule has 4 rings (SSSR count). The van der Waals surface area contributed by atoms with Gasteiger partial charge in [-0.15, -0.1) is 0 Å². The monoisotopic (exact) mass is 434 g/mol. The molecule has 0 saturated heterocycles. The van der Waals surface area contributed by atoms with E-state index in [9.17, 15) is 9.59 Å². The highest BCUT2D eigenvalue weighted by Gasteiger charge is 2.67. The zero-order valence-electron chi connectivity index (χ0n) is 19.0. The summed E-state index contributed by atoms with van der Waals surface area (Å²) in [4.78, 5) is 24.8. The summed E-state index contributed by atoms with van der Waals surface area (Å²) in [6.45, 7) is 10.3. The van der Waals surface area contributed by atoms with Crippen LogP contribution in [-0.4, -0.2) is 24.0 Å². The summed E-state index contributed by atoms with van der Waals surface area (Å²) < 4.78 is 11.7. The van der Waals surface area contributed by atoms with Gasteiger partial charge in [-0.25, -0.2) is 0 Å². The van der Waals surface area contributed by atoms with Crippen LogP contribution in [0.3, 0.4) is 0 Å². The first-order valence-corrected chi connectivity index (χ1v) is 11.9. The van der Waals surface area contributed by atoms with Crippen LogP contribution in [0, 0.1) is 28.6 Å². The number of carbonyl (C=O) groups excluding carboxylic acids is 2. The zero-order chi connectivity index (χ0) is 21.9. The Kier molecular flexibility index (Phi) is 5.40. The Bertz CT molecular complexity index is 829. The van der Waals surface area contributed by atoms with E-state index in [2.05, 4.69) is 19.9 Å². The third-order valence-corrected chi connectivity index (χ3v) is 9.47. The number of hydrogen-bond acceptors (Lipinski definition) is 4. The maximum Gasteiger partial charge on any atom is 0.303 e. The molecule has 6 atom stereocenters. The standard InChI is InChI=1S/C25H35ClO4/c1-6-29-17-7-10-23(4)19-8-11-24(5)20(18(19)14-22(26)21(23)13-17)9-12-25(24,15(2)27)30-16(3)28/h13,18-20H,6-12,14H2,1-5H3/t18-,19-,20+,23+,24+,25+/m1/s1. The van der Waals surface area contributed by atoms with E-state index in [1.165, 1.54) is 12.5 Å². The lowest BCUT2D eigenvalue weighted by Gasteiger charge is -2.58. The summed E-state index contributed by atoms with van der Waals surface area (Å²) >= 11 is 6.95. The Morgan fingerprint density at radius 3 is 2.47 bits per heavy atom. The van der Waals surface area contributed by atoms with Crippen molar-refractivity contribution in [1.29, 1.82) is 0 Å². The third-order valence-electron chi connectivity index (χ3n) is 9.11. The summed E-state index contributed by atoms with van der Waals surface area (Å²) in [7, 11) is 0. The fourth-order valence-electron chi connectivity index (χ4n) is 7.73. The number of esters is 1. The van der Waals surface area contributed by atoms with Crippen LogP contribution in [0.15, 0.2) is 22.4 Å². The van der Waals surface area contributed by atoms with Crippen LogP contribution >= 0.6 is 11.6 Å². The maximum atomic E-state index is 12.8. The first-order valence-electron chi connectivity index (χ1n) is 11.5. The van der Waals surface area contributed by atoms with Crippen molar-refractivity contribution >= 4 is 23.4 Å². The van der Waals surface area contributed by atoms with Gasteiger partial charge in [0.05, 0.1) is 12.4 Å². The molecule has 0 radical (unpaired) electrons. The number of hydrogen-bond donors (Lipinski definition) is 0. The lowest BCUT2D eigenvalue weighted by molar-refractivity contribution is -0.186. The first kappa shape index (κ1) is 21.9. The van der Waals surface area contributed by atoms with E-state index in [0.717, 1.165) is 49.3 Å². The van der Waals surface area contributed by atoms with Crippen LogP contribution in [0.5, 0.6) is 0 Å². The molecular weight excluding hydrogens is 400 g/mol. The number of ketones is 1. The molecule has 2 fully saturated rings. The second kappa shape index (κ2) is 7.39. The minimum absolute atomic E-state index is 0.00699. The molecule has 5 heteroatoms. The van der Waals surface area contributed by atoms with Gasteiger partial charge >= 0.3 is 5.97 Å². The molecule has 0 bridgehead atoms. The Labute approximate surface area is 185 Å². The molecule has 30 heavy (non-hydrogen) atoms. The molecule has 0 aliphatic heterocycles. The Hall–Kier alpha value is -1.29. The van der Waals surface area contributed by atoms with E-state index in [4.69, 9.17) is 21.1 Å². The molecule has 0 N–H and O–H groups in total. The molecule has 0 aromatic carbocycles. The van der Waals surface area contributed by atoms with Gasteiger partial charge in [0.1, 0.15) is 0 Å². The van der Waals surface area contributed by atoms with Gasteiger partial charge in [0.15, 0.2) is 11.4 Å². The Balaban J connectivity index is 1.72. The number of fused-ring (bicyclic) bond motifs is 5. The van der Waals surface area contributed by atoms with E-state index in [1.54, 1.807) is 6.92 Å². The molecule has 0 aromatic heterocycles. The smallest absolute Gasteiger partial charge is 0.303 e. The maximum absolute atomic E-state index is 12.8. The van der Waals surface area contributed by atoms with Crippen LogP contribution < -0.4 is 0 Å². The number of carbonyl (C=O) groups is 2. The van der Waals surface area contributed by atoms with Crippen molar-refractivity contribution in [3.63, 3.8) is 0 Å². The highest BCUT2D eigenvalue weighted by molar-refractivity contribution is 6.30. The molecule has 4 aliphatic rings. The van der Waals surface area contributed by atoms with E-state index in [0.29, 0.717) is 30.8 Å². The Morgan fingerprint density at radius 1 is 1.13 bits per heavy atom. The van der Waals surface area contributed by atoms with Gasteiger partial charge in [-0.05, 0) is 87.2 Å². The summed E-state index contributed by atoms with van der Waals surface area (Å²) in [6, 6.07) is 0. The summed E-state index contributed by atoms with van der Waals surface area (Å²) in [6.07, 6.45) is 8.55. The average molecular weight is 435 g/mol.